The van der Waals surface area contributed by atoms with Gasteiger partial charge in [-0.3, -0.25) is 4.79 Å². The van der Waals surface area contributed by atoms with E-state index in [2.05, 4.69) is 6.92 Å². The molecule has 1 fully saturated rings. The molecule has 1 aliphatic heterocycles. The molecule has 4 rings (SSSR count). The maximum atomic E-state index is 12.3. The molecule has 0 radical (unpaired) electrons. The minimum Gasteiger partial charge on any atom is -1.00 e. The van der Waals surface area contributed by atoms with Crippen molar-refractivity contribution in [3.8, 4) is 17.1 Å². The van der Waals surface area contributed by atoms with Crippen LogP contribution in [0.5, 0.6) is 5.75 Å². The average Bonchev–Trinajstić information content (AvgIpc) is 2.69. The van der Waals surface area contributed by atoms with Crippen LogP contribution in [0.4, 0.5) is 0 Å². The van der Waals surface area contributed by atoms with Gasteiger partial charge in [-0.1, -0.05) is 12.1 Å². The number of para-hydroxylation sites is 1. The molecule has 0 saturated carbocycles. The van der Waals surface area contributed by atoms with Crippen molar-refractivity contribution in [2.75, 3.05) is 32.8 Å². The molecule has 28 heavy (non-hydrogen) atoms. The van der Waals surface area contributed by atoms with Crippen LogP contribution >= 0.6 is 0 Å². The summed E-state index contributed by atoms with van der Waals surface area (Å²) in [5, 5.41) is 0.598. The summed E-state index contributed by atoms with van der Waals surface area (Å²) in [5.41, 5.74) is 1.42. The first kappa shape index (κ1) is 20.4. The van der Waals surface area contributed by atoms with Crippen molar-refractivity contribution in [1.29, 1.82) is 0 Å². The molecular weight excluding hydrogens is 378 g/mol. The molecule has 0 amide bonds. The second-order valence-electron chi connectivity index (χ2n) is 6.99. The van der Waals surface area contributed by atoms with Crippen molar-refractivity contribution in [1.82, 2.24) is 0 Å². The highest BCUT2D eigenvalue weighted by Gasteiger charge is 2.18. The number of morpholine rings is 1. The minimum absolute atomic E-state index is 0. The fourth-order valence-corrected chi connectivity index (χ4v) is 3.49. The zero-order valence-corrected chi connectivity index (χ0v) is 16.6. The number of hydrogen-bond donors (Lipinski definition) is 1. The normalized spacial score (nSPS) is 15.8. The number of benzene rings is 2. The van der Waals surface area contributed by atoms with E-state index in [1.54, 1.807) is 12.1 Å². The lowest BCUT2D eigenvalue weighted by molar-refractivity contribution is -0.910. The molecule has 1 aliphatic rings. The van der Waals surface area contributed by atoms with Gasteiger partial charge in [0.1, 0.15) is 42.8 Å². The molecule has 3 aromatic rings. The van der Waals surface area contributed by atoms with Crippen molar-refractivity contribution in [3.05, 3.63) is 64.8 Å². The van der Waals surface area contributed by atoms with E-state index in [1.807, 2.05) is 42.5 Å². The Balaban J connectivity index is 0.00000225. The molecule has 0 aliphatic carbocycles. The molecule has 0 spiro atoms. The molecule has 2 aromatic carbocycles. The first-order valence-electron chi connectivity index (χ1n) is 9.40. The van der Waals surface area contributed by atoms with Gasteiger partial charge < -0.3 is 31.2 Å². The quantitative estimate of drug-likeness (QED) is 0.605. The largest absolute Gasteiger partial charge is 1.00 e. The summed E-state index contributed by atoms with van der Waals surface area (Å²) in [6.07, 6.45) is 0.127. The molecular formula is C22H24ClNO4. The number of ether oxygens (including phenoxy) is 2. The number of hydrogen-bond acceptors (Lipinski definition) is 4. The van der Waals surface area contributed by atoms with Crippen LogP contribution in [0.15, 0.2) is 63.8 Å². The predicted molar refractivity (Wildman–Crippen MR) is 104 cm³/mol. The van der Waals surface area contributed by atoms with E-state index in [0.29, 0.717) is 16.7 Å². The molecule has 1 aromatic heterocycles. The SMILES string of the molecule is CC(C[NH+]1CCOCC1)Oc1ccc(-c2cc(=O)c3ccccc3o2)cc1.[Cl-]. The number of nitrogens with one attached hydrogen (secondary N) is 1. The summed E-state index contributed by atoms with van der Waals surface area (Å²) in [7, 11) is 0. The van der Waals surface area contributed by atoms with Crippen LogP contribution < -0.4 is 27.5 Å². The lowest BCUT2D eigenvalue weighted by Gasteiger charge is -2.26. The molecule has 6 heteroatoms. The van der Waals surface area contributed by atoms with E-state index < -0.39 is 0 Å². The van der Waals surface area contributed by atoms with Crippen molar-refractivity contribution < 1.29 is 31.2 Å². The predicted octanol–water partition coefficient (Wildman–Crippen LogP) is -0.854. The summed E-state index contributed by atoms with van der Waals surface area (Å²) >= 11 is 0. The van der Waals surface area contributed by atoms with Gasteiger partial charge in [0.25, 0.3) is 0 Å². The first-order valence-corrected chi connectivity index (χ1v) is 9.40. The zero-order valence-electron chi connectivity index (χ0n) is 15.8. The highest BCUT2D eigenvalue weighted by atomic mass is 35.5. The van der Waals surface area contributed by atoms with Gasteiger partial charge in [0.05, 0.1) is 18.6 Å². The van der Waals surface area contributed by atoms with Crippen molar-refractivity contribution in [2.24, 2.45) is 0 Å². The zero-order chi connectivity index (χ0) is 18.6. The number of quaternary nitrogens is 1. The Hall–Kier alpha value is -2.34. The third-order valence-electron chi connectivity index (χ3n) is 4.89. The first-order chi connectivity index (χ1) is 13.2. The Labute approximate surface area is 170 Å². The van der Waals surface area contributed by atoms with Crippen molar-refractivity contribution in [3.63, 3.8) is 0 Å². The lowest BCUT2D eigenvalue weighted by Crippen LogP contribution is -3.15. The highest BCUT2D eigenvalue weighted by molar-refractivity contribution is 5.78. The van der Waals surface area contributed by atoms with E-state index in [-0.39, 0.29) is 23.9 Å². The van der Waals surface area contributed by atoms with Crippen LogP contribution in [0.1, 0.15) is 6.92 Å². The third kappa shape index (κ3) is 4.73. The Bertz CT molecular complexity index is 964. The van der Waals surface area contributed by atoms with E-state index in [1.165, 1.54) is 4.90 Å². The van der Waals surface area contributed by atoms with E-state index in [9.17, 15) is 4.79 Å². The number of rotatable bonds is 5. The monoisotopic (exact) mass is 401 g/mol. The van der Waals surface area contributed by atoms with Crippen LogP contribution in [-0.2, 0) is 4.74 Å². The van der Waals surface area contributed by atoms with Gasteiger partial charge in [-0.2, -0.15) is 0 Å². The van der Waals surface area contributed by atoms with Crippen LogP contribution in [0.25, 0.3) is 22.3 Å². The number of halogens is 1. The Morgan fingerprint density at radius 3 is 2.54 bits per heavy atom. The van der Waals surface area contributed by atoms with E-state index >= 15 is 0 Å². The molecule has 1 saturated heterocycles. The molecule has 148 valence electrons. The highest BCUT2D eigenvalue weighted by Crippen LogP contribution is 2.24. The Kier molecular flexibility index (Phi) is 6.73. The molecule has 5 nitrogen and oxygen atoms in total. The maximum Gasteiger partial charge on any atom is 0.193 e. The fourth-order valence-electron chi connectivity index (χ4n) is 3.49. The van der Waals surface area contributed by atoms with Crippen molar-refractivity contribution >= 4 is 11.0 Å². The van der Waals surface area contributed by atoms with Gasteiger partial charge in [-0.15, -0.1) is 0 Å². The second kappa shape index (κ2) is 9.24. The van der Waals surface area contributed by atoms with Crippen LogP contribution in [0.3, 0.4) is 0 Å². The van der Waals surface area contributed by atoms with Crippen molar-refractivity contribution in [2.45, 2.75) is 13.0 Å². The molecule has 0 bridgehead atoms. The number of fused-ring (bicyclic) bond motifs is 1. The van der Waals surface area contributed by atoms with Gasteiger partial charge in [-0.05, 0) is 43.3 Å². The molecule has 2 heterocycles. The Morgan fingerprint density at radius 1 is 1.07 bits per heavy atom. The molecule has 1 N–H and O–H groups in total. The summed E-state index contributed by atoms with van der Waals surface area (Å²) in [4.78, 5) is 13.8. The van der Waals surface area contributed by atoms with Crippen LogP contribution in [-0.4, -0.2) is 39.0 Å². The van der Waals surface area contributed by atoms with E-state index in [0.717, 1.165) is 44.2 Å². The average molecular weight is 402 g/mol. The topological polar surface area (TPSA) is 53.1 Å². The standard InChI is InChI=1S/C22H23NO4.ClH/c1-16(15-23-10-12-25-13-11-23)26-18-8-6-17(7-9-18)22-14-20(24)19-4-2-3-5-21(19)27-22;/h2-9,14,16H,10-13,15H2,1H3;1H. The van der Waals surface area contributed by atoms with E-state index in [4.69, 9.17) is 13.9 Å². The van der Waals surface area contributed by atoms with Gasteiger partial charge in [0.2, 0.25) is 0 Å². The van der Waals surface area contributed by atoms with Gasteiger partial charge in [0, 0.05) is 11.6 Å². The maximum absolute atomic E-state index is 12.3. The fraction of sp³-hybridized carbons (Fsp3) is 0.318. The lowest BCUT2D eigenvalue weighted by atomic mass is 10.1. The van der Waals surface area contributed by atoms with Gasteiger partial charge in [0.15, 0.2) is 5.43 Å². The van der Waals surface area contributed by atoms with Gasteiger partial charge in [-0.25, -0.2) is 0 Å². The minimum atomic E-state index is -0.0331. The molecule has 1 unspecified atom stereocenters. The summed E-state index contributed by atoms with van der Waals surface area (Å²) < 4.78 is 17.3. The summed E-state index contributed by atoms with van der Waals surface area (Å²) in [5.74, 6) is 1.39. The summed E-state index contributed by atoms with van der Waals surface area (Å²) in [6, 6.07) is 16.5. The second-order valence-corrected chi connectivity index (χ2v) is 6.99. The van der Waals surface area contributed by atoms with Crippen LogP contribution in [0.2, 0.25) is 0 Å². The van der Waals surface area contributed by atoms with Crippen LogP contribution in [0, 0.1) is 0 Å². The Morgan fingerprint density at radius 2 is 1.79 bits per heavy atom. The third-order valence-corrected chi connectivity index (χ3v) is 4.89. The smallest absolute Gasteiger partial charge is 0.193 e. The molecule has 1 atom stereocenters. The summed E-state index contributed by atoms with van der Waals surface area (Å²) in [6.45, 7) is 6.78. The van der Waals surface area contributed by atoms with Gasteiger partial charge >= 0.3 is 0 Å².